The molecule has 2 unspecified atom stereocenters. The molecule has 2 aliphatic rings. The number of fused-ring (bicyclic) bond motifs is 2. The van der Waals surface area contributed by atoms with Gasteiger partial charge in [0.2, 0.25) is 10.0 Å². The molecule has 0 aromatic heterocycles. The molecule has 2 fully saturated rings. The van der Waals surface area contributed by atoms with Gasteiger partial charge in [0.1, 0.15) is 0 Å². The summed E-state index contributed by atoms with van der Waals surface area (Å²) in [6, 6.07) is 5.24. The second kappa shape index (κ2) is 4.96. The largest absolute Gasteiger partial charge is 0.243 e. The summed E-state index contributed by atoms with van der Waals surface area (Å²) in [6.45, 7) is 9.12. The van der Waals surface area contributed by atoms with Gasteiger partial charge in [0.25, 0.3) is 0 Å². The standard InChI is InChI=1S/C17H24ClNO2S/c1-12-14(18)6-5-7-15(12)22(20,21)19-11-17(4)9-13(19)8-16(2,3)10-17/h5-7,13H,8-11H2,1-4H3. The van der Waals surface area contributed by atoms with E-state index in [1.54, 1.807) is 29.4 Å². The Morgan fingerprint density at radius 2 is 1.91 bits per heavy atom. The van der Waals surface area contributed by atoms with Crippen LogP contribution in [0.5, 0.6) is 0 Å². The third-order valence-corrected chi connectivity index (χ3v) is 7.62. The molecule has 5 heteroatoms. The summed E-state index contributed by atoms with van der Waals surface area (Å²) in [4.78, 5) is 0.356. The van der Waals surface area contributed by atoms with E-state index >= 15 is 0 Å². The molecule has 1 saturated carbocycles. The van der Waals surface area contributed by atoms with Crippen LogP contribution in [0.2, 0.25) is 5.02 Å². The molecule has 1 aromatic carbocycles. The second-order valence-corrected chi connectivity index (χ2v) is 10.4. The third kappa shape index (κ3) is 2.59. The molecular weight excluding hydrogens is 318 g/mol. The Hall–Kier alpha value is -0.580. The monoisotopic (exact) mass is 341 g/mol. The summed E-state index contributed by atoms with van der Waals surface area (Å²) < 4.78 is 28.1. The lowest BCUT2D eigenvalue weighted by atomic mass is 9.65. The summed E-state index contributed by atoms with van der Waals surface area (Å²) in [7, 11) is -3.49. The van der Waals surface area contributed by atoms with Gasteiger partial charge in [-0.15, -0.1) is 0 Å². The van der Waals surface area contributed by atoms with Gasteiger partial charge in [-0.3, -0.25) is 0 Å². The van der Waals surface area contributed by atoms with Crippen LogP contribution < -0.4 is 0 Å². The molecule has 1 saturated heterocycles. The molecule has 0 amide bonds. The first-order valence-corrected chi connectivity index (χ1v) is 9.63. The van der Waals surface area contributed by atoms with Crippen LogP contribution in [-0.4, -0.2) is 25.3 Å². The minimum Gasteiger partial charge on any atom is -0.207 e. The number of rotatable bonds is 2. The van der Waals surface area contributed by atoms with E-state index < -0.39 is 10.0 Å². The Labute approximate surface area is 138 Å². The van der Waals surface area contributed by atoms with Crippen LogP contribution in [-0.2, 0) is 10.0 Å². The molecule has 22 heavy (non-hydrogen) atoms. The Kier molecular flexibility index (Phi) is 3.67. The molecule has 2 bridgehead atoms. The molecule has 0 radical (unpaired) electrons. The molecule has 1 aliphatic heterocycles. The maximum absolute atomic E-state index is 13.2. The molecule has 3 rings (SSSR count). The van der Waals surface area contributed by atoms with Crippen molar-refractivity contribution < 1.29 is 8.42 Å². The van der Waals surface area contributed by atoms with Gasteiger partial charge in [0.15, 0.2) is 0 Å². The van der Waals surface area contributed by atoms with Gasteiger partial charge < -0.3 is 0 Å². The smallest absolute Gasteiger partial charge is 0.207 e. The number of benzene rings is 1. The minimum atomic E-state index is -3.49. The predicted octanol–water partition coefficient (Wildman–Crippen LogP) is 4.24. The van der Waals surface area contributed by atoms with Gasteiger partial charge in [0, 0.05) is 17.6 Å². The predicted molar refractivity (Wildman–Crippen MR) is 89.6 cm³/mol. The Balaban J connectivity index is 2.03. The van der Waals surface area contributed by atoms with Crippen molar-refractivity contribution in [3.8, 4) is 0 Å². The summed E-state index contributed by atoms with van der Waals surface area (Å²) in [5, 5.41) is 0.509. The topological polar surface area (TPSA) is 37.4 Å². The maximum Gasteiger partial charge on any atom is 0.243 e. The molecule has 3 nitrogen and oxygen atoms in total. The number of hydrogen-bond donors (Lipinski definition) is 0. The zero-order chi connectivity index (χ0) is 16.3. The van der Waals surface area contributed by atoms with Gasteiger partial charge in [-0.05, 0) is 54.7 Å². The lowest BCUT2D eigenvalue weighted by Crippen LogP contribution is -2.37. The first kappa shape index (κ1) is 16.3. The number of sulfonamides is 1. The molecule has 0 N–H and O–H groups in total. The average molecular weight is 342 g/mol. The fourth-order valence-electron chi connectivity index (χ4n) is 4.68. The Morgan fingerprint density at radius 1 is 1.23 bits per heavy atom. The second-order valence-electron chi connectivity index (χ2n) is 8.13. The summed E-state index contributed by atoms with van der Waals surface area (Å²) in [5.41, 5.74) is 0.937. The van der Waals surface area contributed by atoms with Gasteiger partial charge in [0.05, 0.1) is 4.90 Å². The fourth-order valence-corrected chi connectivity index (χ4v) is 6.94. The van der Waals surface area contributed by atoms with Crippen LogP contribution in [0.15, 0.2) is 23.1 Å². The normalized spacial score (nSPS) is 31.4. The first-order valence-electron chi connectivity index (χ1n) is 7.81. The average Bonchev–Trinajstić information content (AvgIpc) is 2.62. The van der Waals surface area contributed by atoms with Gasteiger partial charge in [-0.2, -0.15) is 4.31 Å². The zero-order valence-corrected chi connectivity index (χ0v) is 15.3. The first-order chi connectivity index (χ1) is 10.0. The Bertz CT molecular complexity index is 713. The highest BCUT2D eigenvalue weighted by Crippen LogP contribution is 2.53. The van der Waals surface area contributed by atoms with Crippen LogP contribution in [0, 0.1) is 17.8 Å². The van der Waals surface area contributed by atoms with Crippen LogP contribution in [0.4, 0.5) is 0 Å². The van der Waals surface area contributed by atoms with E-state index in [9.17, 15) is 8.42 Å². The van der Waals surface area contributed by atoms with Gasteiger partial charge >= 0.3 is 0 Å². The number of nitrogens with zero attached hydrogens (tertiary/aromatic N) is 1. The van der Waals surface area contributed by atoms with Crippen molar-refractivity contribution >= 4 is 21.6 Å². The highest BCUT2D eigenvalue weighted by molar-refractivity contribution is 7.89. The van der Waals surface area contributed by atoms with Gasteiger partial charge in [-0.1, -0.05) is 38.4 Å². The molecule has 1 aromatic rings. The van der Waals surface area contributed by atoms with E-state index in [1.807, 2.05) is 0 Å². The van der Waals surface area contributed by atoms with E-state index in [0.717, 1.165) is 19.3 Å². The van der Waals surface area contributed by atoms with Crippen molar-refractivity contribution in [2.75, 3.05) is 6.54 Å². The Morgan fingerprint density at radius 3 is 2.59 bits per heavy atom. The number of halogens is 1. The molecule has 2 atom stereocenters. The van der Waals surface area contributed by atoms with E-state index in [-0.39, 0.29) is 16.9 Å². The molecule has 122 valence electrons. The fraction of sp³-hybridized carbons (Fsp3) is 0.647. The van der Waals surface area contributed by atoms with Crippen molar-refractivity contribution in [3.63, 3.8) is 0 Å². The van der Waals surface area contributed by atoms with Crippen molar-refractivity contribution in [2.24, 2.45) is 10.8 Å². The summed E-state index contributed by atoms with van der Waals surface area (Å²) >= 11 is 6.13. The van der Waals surface area contributed by atoms with Crippen LogP contribution in [0.1, 0.15) is 45.6 Å². The highest BCUT2D eigenvalue weighted by Gasteiger charge is 2.53. The lowest BCUT2D eigenvalue weighted by molar-refractivity contribution is 0.133. The van der Waals surface area contributed by atoms with E-state index in [4.69, 9.17) is 11.6 Å². The SMILES string of the molecule is Cc1c(Cl)cccc1S(=O)(=O)N1CC2(C)CC1CC(C)(C)C2. The lowest BCUT2D eigenvalue weighted by Gasteiger charge is -2.39. The van der Waals surface area contributed by atoms with Crippen molar-refractivity contribution in [2.45, 2.75) is 57.9 Å². The molecule has 1 aliphatic carbocycles. The maximum atomic E-state index is 13.2. The number of hydrogen-bond acceptors (Lipinski definition) is 2. The van der Waals surface area contributed by atoms with Crippen LogP contribution in [0.3, 0.4) is 0 Å². The van der Waals surface area contributed by atoms with Crippen molar-refractivity contribution in [1.29, 1.82) is 0 Å². The van der Waals surface area contributed by atoms with Crippen LogP contribution >= 0.6 is 11.6 Å². The minimum absolute atomic E-state index is 0.0893. The summed E-state index contributed by atoms with van der Waals surface area (Å²) in [6.07, 6.45) is 2.98. The molecule has 0 spiro atoms. The van der Waals surface area contributed by atoms with Crippen molar-refractivity contribution in [3.05, 3.63) is 28.8 Å². The van der Waals surface area contributed by atoms with E-state index in [1.165, 1.54) is 0 Å². The quantitative estimate of drug-likeness (QED) is 0.806. The van der Waals surface area contributed by atoms with Crippen LogP contribution in [0.25, 0.3) is 0 Å². The zero-order valence-electron chi connectivity index (χ0n) is 13.7. The third-order valence-electron chi connectivity index (χ3n) is 5.17. The molecule has 1 heterocycles. The van der Waals surface area contributed by atoms with E-state index in [2.05, 4.69) is 20.8 Å². The van der Waals surface area contributed by atoms with E-state index in [0.29, 0.717) is 22.0 Å². The highest BCUT2D eigenvalue weighted by atomic mass is 35.5. The van der Waals surface area contributed by atoms with Crippen molar-refractivity contribution in [1.82, 2.24) is 4.31 Å². The summed E-state index contributed by atoms with van der Waals surface area (Å²) in [5.74, 6) is 0. The molecular formula is C17H24ClNO2S. The van der Waals surface area contributed by atoms with Gasteiger partial charge in [-0.25, -0.2) is 8.42 Å².